The zero-order valence-electron chi connectivity index (χ0n) is 6.39. The molecule has 2 heteroatoms. The van der Waals surface area contributed by atoms with Gasteiger partial charge < -0.3 is 4.74 Å². The Morgan fingerprint density at radius 2 is 2.33 bits per heavy atom. The first kappa shape index (κ1) is 8.76. The average Bonchev–Trinajstić information content (AvgIpc) is 1.89. The molecule has 0 amide bonds. The molecule has 0 heterocycles. The minimum absolute atomic E-state index is 0.789. The summed E-state index contributed by atoms with van der Waals surface area (Å²) in [7, 11) is 1.33. The van der Waals surface area contributed by atoms with Gasteiger partial charge in [0.2, 0.25) is 0 Å². The standard InChI is InChI=1S/C7H16OSi/c1-2-8-6-4-3-5-7-9/h4,6H,2-3,5,7H2,1,9H3. The second-order valence-electron chi connectivity index (χ2n) is 1.97. The predicted molar refractivity (Wildman–Crippen MR) is 44.7 cm³/mol. The second kappa shape index (κ2) is 7.76. The fourth-order valence-corrected chi connectivity index (χ4v) is 0.963. The smallest absolute Gasteiger partial charge is 0.0845 e. The third kappa shape index (κ3) is 7.76. The minimum atomic E-state index is 0.789. The molecule has 0 N–H and O–H groups in total. The number of rotatable bonds is 5. The molecule has 0 aliphatic heterocycles. The van der Waals surface area contributed by atoms with Gasteiger partial charge in [0.05, 0.1) is 12.9 Å². The van der Waals surface area contributed by atoms with E-state index in [1.807, 2.05) is 6.92 Å². The average molecular weight is 144 g/mol. The molecule has 0 aliphatic rings. The molecule has 0 fully saturated rings. The fourth-order valence-electron chi connectivity index (χ4n) is 0.554. The highest BCUT2D eigenvalue weighted by Gasteiger charge is 1.76. The van der Waals surface area contributed by atoms with Crippen LogP contribution >= 0.6 is 0 Å². The van der Waals surface area contributed by atoms with Crippen molar-refractivity contribution in [1.82, 2.24) is 0 Å². The Labute approximate surface area is 60.5 Å². The lowest BCUT2D eigenvalue weighted by atomic mass is 10.3. The van der Waals surface area contributed by atoms with Crippen molar-refractivity contribution >= 4 is 10.2 Å². The van der Waals surface area contributed by atoms with E-state index in [4.69, 9.17) is 4.74 Å². The summed E-state index contributed by atoms with van der Waals surface area (Å²) in [6.07, 6.45) is 6.41. The summed E-state index contributed by atoms with van der Waals surface area (Å²) in [5, 5.41) is 0. The van der Waals surface area contributed by atoms with Crippen molar-refractivity contribution in [3.63, 3.8) is 0 Å². The van der Waals surface area contributed by atoms with E-state index in [0.717, 1.165) is 6.61 Å². The van der Waals surface area contributed by atoms with Crippen LogP contribution in [0.25, 0.3) is 0 Å². The highest BCUT2D eigenvalue weighted by Crippen LogP contribution is 1.93. The lowest BCUT2D eigenvalue weighted by molar-refractivity contribution is 0.268. The van der Waals surface area contributed by atoms with Crippen molar-refractivity contribution in [3.05, 3.63) is 12.3 Å². The Kier molecular flexibility index (Phi) is 7.55. The van der Waals surface area contributed by atoms with Gasteiger partial charge in [-0.2, -0.15) is 0 Å². The first-order valence-corrected chi connectivity index (χ1v) is 5.09. The van der Waals surface area contributed by atoms with Crippen LogP contribution in [0.15, 0.2) is 12.3 Å². The summed E-state index contributed by atoms with van der Waals surface area (Å²) in [5.41, 5.74) is 0. The van der Waals surface area contributed by atoms with Crippen LogP contribution < -0.4 is 0 Å². The van der Waals surface area contributed by atoms with Crippen molar-refractivity contribution in [3.8, 4) is 0 Å². The van der Waals surface area contributed by atoms with E-state index >= 15 is 0 Å². The molecule has 9 heavy (non-hydrogen) atoms. The third-order valence-electron chi connectivity index (χ3n) is 1.08. The minimum Gasteiger partial charge on any atom is -0.502 e. The van der Waals surface area contributed by atoms with Gasteiger partial charge in [0.15, 0.2) is 0 Å². The molecule has 0 aliphatic carbocycles. The summed E-state index contributed by atoms with van der Waals surface area (Å²) < 4.78 is 5.01. The molecule has 0 aromatic carbocycles. The largest absolute Gasteiger partial charge is 0.502 e. The number of hydrogen-bond donors (Lipinski definition) is 0. The summed E-state index contributed by atoms with van der Waals surface area (Å²) in [5.74, 6) is 0. The molecular formula is C7H16OSi. The molecule has 54 valence electrons. The predicted octanol–water partition coefficient (Wildman–Crippen LogP) is 1.10. The van der Waals surface area contributed by atoms with E-state index in [1.165, 1.54) is 29.1 Å². The molecule has 0 saturated carbocycles. The zero-order chi connectivity index (χ0) is 6.95. The molecule has 0 bridgehead atoms. The SMILES string of the molecule is CCOC=CCCC[SiH3]. The van der Waals surface area contributed by atoms with Gasteiger partial charge in [-0.05, 0) is 19.4 Å². The van der Waals surface area contributed by atoms with Gasteiger partial charge >= 0.3 is 0 Å². The third-order valence-corrected chi connectivity index (χ3v) is 1.79. The maximum Gasteiger partial charge on any atom is 0.0845 e. The van der Waals surface area contributed by atoms with Crippen LogP contribution in [0.4, 0.5) is 0 Å². The summed E-state index contributed by atoms with van der Waals surface area (Å²) >= 11 is 0. The molecule has 0 rings (SSSR count). The quantitative estimate of drug-likeness (QED) is 0.319. The van der Waals surface area contributed by atoms with Crippen molar-refractivity contribution in [1.29, 1.82) is 0 Å². The highest BCUT2D eigenvalue weighted by molar-refractivity contribution is 6.08. The Morgan fingerprint density at radius 3 is 2.89 bits per heavy atom. The first-order chi connectivity index (χ1) is 4.41. The monoisotopic (exact) mass is 144 g/mol. The van der Waals surface area contributed by atoms with Crippen molar-refractivity contribution in [2.75, 3.05) is 6.61 Å². The van der Waals surface area contributed by atoms with Crippen LogP contribution in [0.2, 0.25) is 6.04 Å². The van der Waals surface area contributed by atoms with E-state index in [0.29, 0.717) is 0 Å². The van der Waals surface area contributed by atoms with Gasteiger partial charge in [-0.3, -0.25) is 0 Å². The van der Waals surface area contributed by atoms with Gasteiger partial charge in [-0.1, -0.05) is 12.5 Å². The molecule has 0 radical (unpaired) electrons. The molecule has 0 unspecified atom stereocenters. The second-order valence-corrected chi connectivity index (χ2v) is 2.97. The van der Waals surface area contributed by atoms with E-state index < -0.39 is 0 Å². The normalized spacial score (nSPS) is 10.8. The van der Waals surface area contributed by atoms with Crippen LogP contribution in [0, 0.1) is 0 Å². The molecule has 0 saturated heterocycles. The van der Waals surface area contributed by atoms with E-state index in [-0.39, 0.29) is 0 Å². The topological polar surface area (TPSA) is 9.23 Å². The lowest BCUT2D eigenvalue weighted by Crippen LogP contribution is -1.76. The van der Waals surface area contributed by atoms with Crippen LogP contribution in [-0.2, 0) is 4.74 Å². The van der Waals surface area contributed by atoms with Gasteiger partial charge in [0, 0.05) is 10.2 Å². The molecular weight excluding hydrogens is 128 g/mol. The van der Waals surface area contributed by atoms with Crippen LogP contribution in [-0.4, -0.2) is 16.8 Å². The fraction of sp³-hybridized carbons (Fsp3) is 0.714. The number of ether oxygens (including phenoxy) is 1. The van der Waals surface area contributed by atoms with Crippen molar-refractivity contribution in [2.24, 2.45) is 0 Å². The van der Waals surface area contributed by atoms with Gasteiger partial charge in [0.25, 0.3) is 0 Å². The summed E-state index contributed by atoms with van der Waals surface area (Å²) in [6, 6.07) is 1.40. The molecule has 0 atom stereocenters. The van der Waals surface area contributed by atoms with Crippen molar-refractivity contribution < 1.29 is 4.74 Å². The van der Waals surface area contributed by atoms with Gasteiger partial charge in [-0.25, -0.2) is 0 Å². The van der Waals surface area contributed by atoms with E-state index in [9.17, 15) is 0 Å². The Morgan fingerprint density at radius 1 is 1.56 bits per heavy atom. The lowest BCUT2D eigenvalue weighted by Gasteiger charge is -1.91. The highest BCUT2D eigenvalue weighted by atomic mass is 28.1. The van der Waals surface area contributed by atoms with Crippen molar-refractivity contribution in [2.45, 2.75) is 25.8 Å². The van der Waals surface area contributed by atoms with Crippen LogP contribution in [0.1, 0.15) is 19.8 Å². The first-order valence-electron chi connectivity index (χ1n) is 3.68. The number of unbranched alkanes of at least 4 members (excludes halogenated alkanes) is 1. The Hall–Kier alpha value is -0.243. The number of hydrogen-bond acceptors (Lipinski definition) is 1. The summed E-state index contributed by atoms with van der Waals surface area (Å²) in [6.45, 7) is 2.79. The number of allylic oxidation sites excluding steroid dienone is 1. The van der Waals surface area contributed by atoms with Gasteiger partial charge in [-0.15, -0.1) is 0 Å². The Balaban J connectivity index is 2.86. The van der Waals surface area contributed by atoms with E-state index in [2.05, 4.69) is 6.08 Å². The maximum absolute atomic E-state index is 5.01. The molecule has 0 aromatic heterocycles. The maximum atomic E-state index is 5.01. The molecule has 1 nitrogen and oxygen atoms in total. The Bertz CT molecular complexity index is 71.3. The van der Waals surface area contributed by atoms with Gasteiger partial charge in [0.1, 0.15) is 0 Å². The van der Waals surface area contributed by atoms with Crippen LogP contribution in [0.3, 0.4) is 0 Å². The van der Waals surface area contributed by atoms with E-state index in [1.54, 1.807) is 6.26 Å². The molecule has 0 spiro atoms. The summed E-state index contributed by atoms with van der Waals surface area (Å²) in [4.78, 5) is 0. The zero-order valence-corrected chi connectivity index (χ0v) is 8.39. The van der Waals surface area contributed by atoms with Crippen LogP contribution in [0.5, 0.6) is 0 Å². The molecule has 0 aromatic rings.